The molecule has 0 bridgehead atoms. The van der Waals surface area contributed by atoms with Crippen molar-refractivity contribution in [2.75, 3.05) is 0 Å². The lowest BCUT2D eigenvalue weighted by atomic mass is 10.1. The molecule has 0 nitrogen and oxygen atoms in total. The second-order valence-electron chi connectivity index (χ2n) is 7.02. The molecule has 0 fully saturated rings. The minimum Gasteiger partial charge on any atom is -0.0885 e. The zero-order valence-corrected chi connectivity index (χ0v) is 15.9. The van der Waals surface area contributed by atoms with E-state index >= 15 is 0 Å². The summed E-state index contributed by atoms with van der Waals surface area (Å²) in [7, 11) is 0. The zero-order chi connectivity index (χ0) is 17.0. The molecule has 24 heavy (non-hydrogen) atoms. The molecule has 0 saturated carbocycles. The van der Waals surface area contributed by atoms with Gasteiger partial charge in [-0.3, -0.25) is 0 Å². The van der Waals surface area contributed by atoms with E-state index in [0.717, 1.165) is 0 Å². The molecular weight excluding hydrogens is 288 g/mol. The summed E-state index contributed by atoms with van der Waals surface area (Å²) < 4.78 is 0. The smallest absolute Gasteiger partial charge is 0.0351 e. The maximum absolute atomic E-state index is 2.39. The second-order valence-corrected chi connectivity index (χ2v) is 7.02. The maximum atomic E-state index is 2.39. The third kappa shape index (κ3) is 15.8. The molecular formula is C24H40. The van der Waals surface area contributed by atoms with Gasteiger partial charge in [0, 0.05) is 0 Å². The lowest BCUT2D eigenvalue weighted by Crippen LogP contribution is -1.77. The van der Waals surface area contributed by atoms with Crippen LogP contribution in [0, 0.1) is 0 Å². The van der Waals surface area contributed by atoms with Crippen LogP contribution < -0.4 is 0 Å². The molecule has 1 aliphatic carbocycles. The molecule has 0 atom stereocenters. The Bertz CT molecular complexity index is 252. The van der Waals surface area contributed by atoms with E-state index in [1.165, 1.54) is 103 Å². The Hall–Kier alpha value is -1.04. The summed E-state index contributed by atoms with van der Waals surface area (Å²) in [5, 5.41) is 0. The molecule has 0 amide bonds. The average molecular weight is 329 g/mol. The Kier molecular flexibility index (Phi) is 16.0. The summed E-state index contributed by atoms with van der Waals surface area (Å²) in [6.07, 6.45) is 40.0. The molecule has 0 aromatic carbocycles. The Labute approximate surface area is 151 Å². The highest BCUT2D eigenvalue weighted by Crippen LogP contribution is 2.08. The third-order valence-electron chi connectivity index (χ3n) is 4.63. The van der Waals surface area contributed by atoms with E-state index in [2.05, 4.69) is 48.6 Å². The summed E-state index contributed by atoms with van der Waals surface area (Å²) in [6, 6.07) is 0. The van der Waals surface area contributed by atoms with E-state index in [1.807, 2.05) is 0 Å². The van der Waals surface area contributed by atoms with Crippen molar-refractivity contribution in [1.82, 2.24) is 0 Å². The fraction of sp³-hybridized carbons (Fsp3) is 0.667. The first-order valence-electron chi connectivity index (χ1n) is 10.6. The van der Waals surface area contributed by atoms with Crippen molar-refractivity contribution in [1.29, 1.82) is 0 Å². The normalized spacial score (nSPS) is 26.7. The molecule has 0 spiro atoms. The van der Waals surface area contributed by atoms with Gasteiger partial charge in [0.2, 0.25) is 0 Å². The van der Waals surface area contributed by atoms with Gasteiger partial charge in [0.15, 0.2) is 0 Å². The first-order valence-corrected chi connectivity index (χ1v) is 10.6. The van der Waals surface area contributed by atoms with Gasteiger partial charge in [-0.25, -0.2) is 0 Å². The minimum atomic E-state index is 1.26. The van der Waals surface area contributed by atoms with Gasteiger partial charge in [-0.2, -0.15) is 0 Å². The number of hydrogen-bond donors (Lipinski definition) is 0. The van der Waals surface area contributed by atoms with Gasteiger partial charge in [-0.1, -0.05) is 48.6 Å². The molecule has 0 saturated heterocycles. The quantitative estimate of drug-likeness (QED) is 0.391. The van der Waals surface area contributed by atoms with Gasteiger partial charge in [0.1, 0.15) is 0 Å². The Morgan fingerprint density at radius 3 is 0.458 bits per heavy atom. The molecule has 1 aliphatic rings. The molecule has 1 rings (SSSR count). The monoisotopic (exact) mass is 328 g/mol. The molecule has 0 N–H and O–H groups in total. The molecule has 0 heterocycles. The molecule has 136 valence electrons. The average Bonchev–Trinajstić information content (AvgIpc) is 2.59. The van der Waals surface area contributed by atoms with Gasteiger partial charge in [-0.05, 0) is 103 Å². The van der Waals surface area contributed by atoms with Crippen molar-refractivity contribution in [3.63, 3.8) is 0 Å². The zero-order valence-electron chi connectivity index (χ0n) is 15.9. The van der Waals surface area contributed by atoms with Crippen LogP contribution in [0.5, 0.6) is 0 Å². The van der Waals surface area contributed by atoms with Gasteiger partial charge < -0.3 is 0 Å². The summed E-state index contributed by atoms with van der Waals surface area (Å²) in [6.45, 7) is 0. The van der Waals surface area contributed by atoms with E-state index in [4.69, 9.17) is 0 Å². The predicted octanol–water partition coefficient (Wildman–Crippen LogP) is 8.47. The second kappa shape index (κ2) is 18.3. The van der Waals surface area contributed by atoms with Crippen LogP contribution in [0.1, 0.15) is 103 Å². The number of hydrogen-bond acceptors (Lipinski definition) is 0. The van der Waals surface area contributed by atoms with E-state index in [1.54, 1.807) is 0 Å². The third-order valence-corrected chi connectivity index (χ3v) is 4.63. The molecule has 0 aromatic rings. The standard InChI is InChI=1S/C24H40/c1-2-4-6-8-10-12-14-16-18-20-22-24-23-21-19-17-15-13-11-9-7-5-3-1/h1-2,11-14,23-24H,3-10,15-22H2/b2-1-,13-11+,14-12+,24-23+. The lowest BCUT2D eigenvalue weighted by molar-refractivity contribution is 0.730. The summed E-state index contributed by atoms with van der Waals surface area (Å²) in [5.74, 6) is 0. The fourth-order valence-corrected chi connectivity index (χ4v) is 3.04. The Morgan fingerprint density at radius 1 is 0.208 bits per heavy atom. The van der Waals surface area contributed by atoms with Crippen LogP contribution in [0.3, 0.4) is 0 Å². The molecule has 0 aromatic heterocycles. The van der Waals surface area contributed by atoms with Gasteiger partial charge in [0.05, 0.1) is 0 Å². The maximum Gasteiger partial charge on any atom is -0.0351 e. The highest BCUT2D eigenvalue weighted by atomic mass is 13.9. The highest BCUT2D eigenvalue weighted by Gasteiger charge is 1.88. The van der Waals surface area contributed by atoms with Gasteiger partial charge in [-0.15, -0.1) is 0 Å². The van der Waals surface area contributed by atoms with Crippen LogP contribution in [0.25, 0.3) is 0 Å². The minimum absolute atomic E-state index is 1.26. The van der Waals surface area contributed by atoms with Crippen molar-refractivity contribution < 1.29 is 0 Å². The van der Waals surface area contributed by atoms with Crippen LogP contribution in [-0.4, -0.2) is 0 Å². The van der Waals surface area contributed by atoms with E-state index in [0.29, 0.717) is 0 Å². The number of allylic oxidation sites excluding steroid dienone is 8. The van der Waals surface area contributed by atoms with Crippen molar-refractivity contribution in [3.05, 3.63) is 48.6 Å². The highest BCUT2D eigenvalue weighted by molar-refractivity contribution is 4.86. The molecule has 0 heteroatoms. The number of rotatable bonds is 0. The van der Waals surface area contributed by atoms with Crippen LogP contribution in [0.2, 0.25) is 0 Å². The van der Waals surface area contributed by atoms with Crippen molar-refractivity contribution in [2.45, 2.75) is 103 Å². The predicted molar refractivity (Wildman–Crippen MR) is 110 cm³/mol. The molecule has 0 aliphatic heterocycles. The molecule has 0 unspecified atom stereocenters. The van der Waals surface area contributed by atoms with Crippen LogP contribution in [0.15, 0.2) is 48.6 Å². The van der Waals surface area contributed by atoms with Crippen LogP contribution in [0.4, 0.5) is 0 Å². The Morgan fingerprint density at radius 2 is 0.333 bits per heavy atom. The first-order chi connectivity index (χ1) is 12.0. The SMILES string of the molecule is C1=C\CCCC/C=C/CCCC/C=C/CCCC/C=C/CCCC/1. The first kappa shape index (κ1) is 21.0. The van der Waals surface area contributed by atoms with Crippen molar-refractivity contribution >= 4 is 0 Å². The largest absolute Gasteiger partial charge is 0.0885 e. The summed E-state index contributed by atoms with van der Waals surface area (Å²) in [4.78, 5) is 0. The van der Waals surface area contributed by atoms with E-state index in [9.17, 15) is 0 Å². The van der Waals surface area contributed by atoms with Crippen molar-refractivity contribution in [2.24, 2.45) is 0 Å². The van der Waals surface area contributed by atoms with E-state index in [-0.39, 0.29) is 0 Å². The Balaban J connectivity index is 2.18. The van der Waals surface area contributed by atoms with Gasteiger partial charge >= 0.3 is 0 Å². The van der Waals surface area contributed by atoms with Crippen molar-refractivity contribution in [3.8, 4) is 0 Å². The fourth-order valence-electron chi connectivity index (χ4n) is 3.04. The summed E-state index contributed by atoms with van der Waals surface area (Å²) >= 11 is 0. The van der Waals surface area contributed by atoms with Crippen LogP contribution >= 0.6 is 0 Å². The van der Waals surface area contributed by atoms with Gasteiger partial charge in [0.25, 0.3) is 0 Å². The molecule has 0 radical (unpaired) electrons. The summed E-state index contributed by atoms with van der Waals surface area (Å²) in [5.41, 5.74) is 0. The van der Waals surface area contributed by atoms with E-state index < -0.39 is 0 Å². The van der Waals surface area contributed by atoms with Crippen LogP contribution in [-0.2, 0) is 0 Å². The topological polar surface area (TPSA) is 0 Å². The lowest BCUT2D eigenvalue weighted by Gasteiger charge is -1.97.